The number of nitro benzene ring substituents is 1. The van der Waals surface area contributed by atoms with E-state index >= 15 is 0 Å². The van der Waals surface area contributed by atoms with Gasteiger partial charge in [0.15, 0.2) is 0 Å². The molecule has 3 N–H and O–H groups in total. The SMILES string of the molecule is N=C(N)c1cc(Br)ccc1Oc1ccc([N+](=O)[O-])cc1Cl. The number of hydrogen-bond acceptors (Lipinski definition) is 4. The predicted molar refractivity (Wildman–Crippen MR) is 83.3 cm³/mol. The Bertz CT molecular complexity index is 737. The van der Waals surface area contributed by atoms with Gasteiger partial charge in [-0.3, -0.25) is 15.5 Å². The summed E-state index contributed by atoms with van der Waals surface area (Å²) in [6.07, 6.45) is 0. The number of ether oxygens (including phenoxy) is 1. The highest BCUT2D eigenvalue weighted by Gasteiger charge is 2.13. The van der Waals surface area contributed by atoms with Crippen molar-refractivity contribution in [2.24, 2.45) is 5.73 Å². The van der Waals surface area contributed by atoms with Gasteiger partial charge in [0.05, 0.1) is 15.5 Å². The number of nitrogens with one attached hydrogen (secondary N) is 1. The second kappa shape index (κ2) is 6.11. The van der Waals surface area contributed by atoms with Crippen molar-refractivity contribution in [2.45, 2.75) is 0 Å². The standard InChI is InChI=1S/C13H9BrClN3O3/c14-7-1-3-11(9(5-7)13(16)17)21-12-4-2-8(18(19)20)6-10(12)15/h1-6H,(H3,16,17). The van der Waals surface area contributed by atoms with Crippen LogP contribution >= 0.6 is 27.5 Å². The summed E-state index contributed by atoms with van der Waals surface area (Å²) in [4.78, 5) is 10.1. The summed E-state index contributed by atoms with van der Waals surface area (Å²) in [5.74, 6) is 0.415. The van der Waals surface area contributed by atoms with Crippen LogP contribution in [0.2, 0.25) is 5.02 Å². The number of rotatable bonds is 4. The highest BCUT2D eigenvalue weighted by Crippen LogP contribution is 2.34. The van der Waals surface area contributed by atoms with E-state index < -0.39 is 4.92 Å². The quantitative estimate of drug-likeness (QED) is 0.366. The maximum Gasteiger partial charge on any atom is 0.271 e. The molecule has 21 heavy (non-hydrogen) atoms. The van der Waals surface area contributed by atoms with Crippen LogP contribution < -0.4 is 10.5 Å². The molecule has 2 rings (SSSR count). The van der Waals surface area contributed by atoms with E-state index in [0.717, 1.165) is 4.47 Å². The van der Waals surface area contributed by atoms with Crippen LogP contribution in [0.25, 0.3) is 0 Å². The first kappa shape index (κ1) is 15.3. The first-order valence-electron chi connectivity index (χ1n) is 5.64. The number of non-ortho nitro benzene ring substituents is 1. The average molecular weight is 371 g/mol. The van der Waals surface area contributed by atoms with Crippen molar-refractivity contribution in [3.63, 3.8) is 0 Å². The van der Waals surface area contributed by atoms with Crippen molar-refractivity contribution in [1.29, 1.82) is 5.41 Å². The molecular formula is C13H9BrClN3O3. The molecule has 0 aromatic heterocycles. The molecule has 0 fully saturated rings. The fourth-order valence-corrected chi connectivity index (χ4v) is 2.18. The number of amidine groups is 1. The summed E-state index contributed by atoms with van der Waals surface area (Å²) in [5.41, 5.74) is 5.76. The molecule has 0 aliphatic heterocycles. The lowest BCUT2D eigenvalue weighted by Gasteiger charge is -2.11. The maximum absolute atomic E-state index is 10.7. The molecule has 0 bridgehead atoms. The first-order valence-corrected chi connectivity index (χ1v) is 6.81. The zero-order valence-electron chi connectivity index (χ0n) is 10.5. The Labute approximate surface area is 133 Å². The van der Waals surface area contributed by atoms with Crippen molar-refractivity contribution in [2.75, 3.05) is 0 Å². The van der Waals surface area contributed by atoms with E-state index in [1.54, 1.807) is 18.2 Å². The third-order valence-electron chi connectivity index (χ3n) is 2.58. The van der Waals surface area contributed by atoms with Gasteiger partial charge >= 0.3 is 0 Å². The van der Waals surface area contributed by atoms with Crippen molar-refractivity contribution in [3.05, 3.63) is 61.6 Å². The molecular weight excluding hydrogens is 362 g/mol. The topological polar surface area (TPSA) is 102 Å². The van der Waals surface area contributed by atoms with Gasteiger partial charge in [0.2, 0.25) is 0 Å². The molecule has 2 aromatic rings. The van der Waals surface area contributed by atoms with Crippen LogP contribution in [0.3, 0.4) is 0 Å². The monoisotopic (exact) mass is 369 g/mol. The lowest BCUT2D eigenvalue weighted by atomic mass is 10.2. The van der Waals surface area contributed by atoms with Gasteiger partial charge in [-0.15, -0.1) is 0 Å². The number of nitro groups is 1. The molecule has 8 heteroatoms. The number of nitrogens with zero attached hydrogens (tertiary/aromatic N) is 1. The minimum Gasteiger partial charge on any atom is -0.455 e. The summed E-state index contributed by atoms with van der Waals surface area (Å²) in [7, 11) is 0. The minimum atomic E-state index is -0.545. The van der Waals surface area contributed by atoms with Gasteiger partial charge in [0.1, 0.15) is 17.3 Å². The number of benzene rings is 2. The summed E-state index contributed by atoms with van der Waals surface area (Å²) >= 11 is 9.24. The van der Waals surface area contributed by atoms with E-state index in [9.17, 15) is 10.1 Å². The Morgan fingerprint density at radius 1 is 1.29 bits per heavy atom. The molecule has 0 aliphatic carbocycles. The smallest absolute Gasteiger partial charge is 0.271 e. The fraction of sp³-hybridized carbons (Fsp3) is 0. The van der Waals surface area contributed by atoms with E-state index in [4.69, 9.17) is 27.5 Å². The molecule has 108 valence electrons. The number of halogens is 2. The normalized spacial score (nSPS) is 10.2. The van der Waals surface area contributed by atoms with Crippen LogP contribution in [0.5, 0.6) is 11.5 Å². The van der Waals surface area contributed by atoms with Crippen LogP contribution in [0.1, 0.15) is 5.56 Å². The van der Waals surface area contributed by atoms with Crippen LogP contribution in [-0.2, 0) is 0 Å². The van der Waals surface area contributed by atoms with Crippen LogP contribution in [0.15, 0.2) is 40.9 Å². The van der Waals surface area contributed by atoms with E-state index in [2.05, 4.69) is 15.9 Å². The summed E-state index contributed by atoms with van der Waals surface area (Å²) in [5, 5.41) is 18.3. The second-order valence-corrected chi connectivity index (χ2v) is 5.35. The zero-order chi connectivity index (χ0) is 15.6. The lowest BCUT2D eigenvalue weighted by Crippen LogP contribution is -2.12. The molecule has 0 heterocycles. The molecule has 0 saturated heterocycles. The Hall–Kier alpha value is -2.12. The fourth-order valence-electron chi connectivity index (χ4n) is 1.61. The van der Waals surface area contributed by atoms with Gasteiger partial charge in [0.25, 0.3) is 5.69 Å². The molecule has 0 aliphatic rings. The lowest BCUT2D eigenvalue weighted by molar-refractivity contribution is -0.384. The van der Waals surface area contributed by atoms with E-state index in [1.165, 1.54) is 18.2 Å². The highest BCUT2D eigenvalue weighted by molar-refractivity contribution is 9.10. The van der Waals surface area contributed by atoms with Crippen LogP contribution in [-0.4, -0.2) is 10.8 Å². The molecule has 0 saturated carbocycles. The summed E-state index contributed by atoms with van der Waals surface area (Å²) in [6, 6.07) is 8.86. The van der Waals surface area contributed by atoms with Gasteiger partial charge in [-0.1, -0.05) is 27.5 Å². The van der Waals surface area contributed by atoms with E-state index in [-0.39, 0.29) is 22.3 Å². The molecule has 0 spiro atoms. The number of nitrogens with two attached hydrogens (primary N) is 1. The van der Waals surface area contributed by atoms with Gasteiger partial charge in [-0.25, -0.2) is 0 Å². The Morgan fingerprint density at radius 2 is 1.95 bits per heavy atom. The number of nitrogen functional groups attached to an aromatic ring is 1. The van der Waals surface area contributed by atoms with Crippen molar-refractivity contribution < 1.29 is 9.66 Å². The molecule has 2 aromatic carbocycles. The minimum absolute atomic E-state index is 0.0987. The van der Waals surface area contributed by atoms with Crippen molar-refractivity contribution in [1.82, 2.24) is 0 Å². The Balaban J connectivity index is 2.39. The largest absolute Gasteiger partial charge is 0.455 e. The average Bonchev–Trinajstić information content (AvgIpc) is 2.42. The maximum atomic E-state index is 10.7. The van der Waals surface area contributed by atoms with E-state index in [0.29, 0.717) is 11.3 Å². The van der Waals surface area contributed by atoms with E-state index in [1.807, 2.05) is 0 Å². The van der Waals surface area contributed by atoms with Crippen molar-refractivity contribution in [3.8, 4) is 11.5 Å². The van der Waals surface area contributed by atoms with Gasteiger partial charge < -0.3 is 10.5 Å². The Kier molecular flexibility index (Phi) is 4.44. The van der Waals surface area contributed by atoms with Crippen LogP contribution in [0, 0.1) is 15.5 Å². The van der Waals surface area contributed by atoms with Gasteiger partial charge in [0, 0.05) is 16.6 Å². The molecule has 0 atom stereocenters. The molecule has 0 radical (unpaired) electrons. The third kappa shape index (κ3) is 3.50. The zero-order valence-corrected chi connectivity index (χ0v) is 12.8. The molecule has 0 unspecified atom stereocenters. The molecule has 6 nitrogen and oxygen atoms in total. The summed E-state index contributed by atoms with van der Waals surface area (Å²) < 4.78 is 6.34. The summed E-state index contributed by atoms with van der Waals surface area (Å²) in [6.45, 7) is 0. The Morgan fingerprint density at radius 3 is 2.52 bits per heavy atom. The predicted octanol–water partition coefficient (Wildman–Crippen LogP) is 4.09. The van der Waals surface area contributed by atoms with Crippen LogP contribution in [0.4, 0.5) is 5.69 Å². The third-order valence-corrected chi connectivity index (χ3v) is 3.37. The van der Waals surface area contributed by atoms with Crippen molar-refractivity contribution >= 4 is 39.1 Å². The first-order chi connectivity index (χ1) is 9.88. The van der Waals surface area contributed by atoms with Gasteiger partial charge in [-0.05, 0) is 24.3 Å². The second-order valence-electron chi connectivity index (χ2n) is 4.03. The molecule has 0 amide bonds. The highest BCUT2D eigenvalue weighted by atomic mass is 79.9. The number of hydrogen-bond donors (Lipinski definition) is 2. The van der Waals surface area contributed by atoms with Gasteiger partial charge in [-0.2, -0.15) is 0 Å².